The van der Waals surface area contributed by atoms with Crippen LogP contribution in [0.4, 0.5) is 5.69 Å². The number of thiazole rings is 1. The molecule has 1 aliphatic rings. The van der Waals surface area contributed by atoms with Crippen LogP contribution in [0.5, 0.6) is 5.75 Å². The number of hydrogen-bond donors (Lipinski definition) is 0. The average molecular weight is 357 g/mol. The lowest BCUT2D eigenvalue weighted by atomic mass is 10.3. The first-order valence-electron chi connectivity index (χ1n) is 7.50. The number of para-hydroxylation sites is 3. The van der Waals surface area contributed by atoms with Gasteiger partial charge in [-0.1, -0.05) is 35.6 Å². The summed E-state index contributed by atoms with van der Waals surface area (Å²) in [5.41, 5.74) is 2.35. The average Bonchev–Trinajstić information content (AvgIpc) is 3.07. The number of aromatic nitrogens is 1. The van der Waals surface area contributed by atoms with Crippen LogP contribution >= 0.6 is 11.3 Å². The summed E-state index contributed by atoms with van der Waals surface area (Å²) in [6, 6.07) is 16.5. The minimum Gasteiger partial charge on any atom is -1.00 e. The monoisotopic (exact) mass is 356 g/mol. The van der Waals surface area contributed by atoms with Crippen LogP contribution in [0.15, 0.2) is 66.6 Å². The van der Waals surface area contributed by atoms with Crippen molar-refractivity contribution in [2.24, 2.45) is 7.05 Å². The normalized spacial score (nSPS) is 14.9. The molecule has 0 bridgehead atoms. The van der Waals surface area contributed by atoms with Crippen molar-refractivity contribution in [2.45, 2.75) is 0 Å². The maximum atomic E-state index is 5.88. The molecule has 1 aliphatic heterocycles. The zero-order chi connectivity index (χ0) is 15.8. The molecular weight excluding hydrogens is 340 g/mol. The van der Waals surface area contributed by atoms with Gasteiger partial charge >= 0.3 is 0 Å². The molecular formula is C19H17ClN2OS. The molecule has 2 aromatic carbocycles. The van der Waals surface area contributed by atoms with E-state index < -0.39 is 0 Å². The maximum Gasteiger partial charge on any atom is 0.262 e. The molecule has 0 fully saturated rings. The minimum absolute atomic E-state index is 0. The smallest absolute Gasteiger partial charge is 0.262 e. The largest absolute Gasteiger partial charge is 1.00 e. The number of hydrogen-bond acceptors (Lipinski definition) is 3. The second-order valence-corrected chi connectivity index (χ2v) is 6.52. The fourth-order valence-corrected chi connectivity index (χ4v) is 3.81. The Morgan fingerprint density at radius 1 is 1.08 bits per heavy atom. The highest BCUT2D eigenvalue weighted by molar-refractivity contribution is 7.18. The van der Waals surface area contributed by atoms with E-state index in [0.29, 0.717) is 0 Å². The van der Waals surface area contributed by atoms with E-state index in [9.17, 15) is 0 Å². The fourth-order valence-electron chi connectivity index (χ4n) is 2.75. The Morgan fingerprint density at radius 2 is 1.83 bits per heavy atom. The lowest BCUT2D eigenvalue weighted by molar-refractivity contribution is -0.642. The zero-order valence-electron chi connectivity index (χ0n) is 13.4. The standard InChI is InChI=1S/C19H17N2OS.ClH/c1-20-14-8-3-5-10-16(14)22-18(20)12-7-13-19-21(2)15-9-4-6-11-17(15)23-19;/h3-13H,1-2H3;1H/q+1;/p-1. The van der Waals surface area contributed by atoms with E-state index in [0.717, 1.165) is 17.3 Å². The van der Waals surface area contributed by atoms with Gasteiger partial charge in [0.25, 0.3) is 5.01 Å². The Labute approximate surface area is 151 Å². The van der Waals surface area contributed by atoms with Crippen LogP contribution < -0.4 is 26.6 Å². The number of halogens is 1. The lowest BCUT2D eigenvalue weighted by Gasteiger charge is -2.09. The zero-order valence-corrected chi connectivity index (χ0v) is 15.0. The van der Waals surface area contributed by atoms with Gasteiger partial charge in [-0.3, -0.25) is 0 Å². The number of benzene rings is 2. The second kappa shape index (κ2) is 6.67. The first kappa shape index (κ1) is 16.6. The van der Waals surface area contributed by atoms with Gasteiger partial charge in [-0.25, -0.2) is 0 Å². The van der Waals surface area contributed by atoms with Gasteiger partial charge in [-0.2, -0.15) is 4.57 Å². The van der Waals surface area contributed by atoms with Crippen LogP contribution in [0.25, 0.3) is 16.3 Å². The molecule has 0 radical (unpaired) electrons. The first-order chi connectivity index (χ1) is 11.2. The molecule has 0 amide bonds. The van der Waals surface area contributed by atoms with Gasteiger partial charge in [-0.15, -0.1) is 0 Å². The molecule has 24 heavy (non-hydrogen) atoms. The van der Waals surface area contributed by atoms with Crippen LogP contribution in [0.1, 0.15) is 5.01 Å². The summed E-state index contributed by atoms with van der Waals surface area (Å²) in [4.78, 5) is 2.06. The van der Waals surface area contributed by atoms with Crippen molar-refractivity contribution in [1.29, 1.82) is 0 Å². The Morgan fingerprint density at radius 3 is 2.62 bits per heavy atom. The number of aryl methyl sites for hydroxylation is 1. The van der Waals surface area contributed by atoms with Crippen LogP contribution in [-0.2, 0) is 7.05 Å². The Kier molecular flexibility index (Phi) is 4.60. The third-order valence-corrected chi connectivity index (χ3v) is 5.21. The summed E-state index contributed by atoms with van der Waals surface area (Å²) in [5, 5.41) is 1.21. The van der Waals surface area contributed by atoms with Crippen LogP contribution in [0.3, 0.4) is 0 Å². The summed E-state index contributed by atoms with van der Waals surface area (Å²) in [6.45, 7) is 0. The maximum absolute atomic E-state index is 5.88. The summed E-state index contributed by atoms with van der Waals surface area (Å²) >= 11 is 1.79. The predicted molar refractivity (Wildman–Crippen MR) is 95.6 cm³/mol. The fraction of sp³-hybridized carbons (Fsp3) is 0.105. The van der Waals surface area contributed by atoms with Crippen LogP contribution in [-0.4, -0.2) is 7.05 Å². The van der Waals surface area contributed by atoms with E-state index in [1.165, 1.54) is 15.2 Å². The van der Waals surface area contributed by atoms with Crippen molar-refractivity contribution < 1.29 is 21.7 Å². The molecule has 0 atom stereocenters. The van der Waals surface area contributed by atoms with Gasteiger partial charge in [0, 0.05) is 19.2 Å². The van der Waals surface area contributed by atoms with Crippen molar-refractivity contribution in [3.05, 3.63) is 71.6 Å². The van der Waals surface area contributed by atoms with Crippen LogP contribution in [0, 0.1) is 0 Å². The van der Waals surface area contributed by atoms with Crippen molar-refractivity contribution in [3.8, 4) is 5.75 Å². The van der Waals surface area contributed by atoms with Crippen molar-refractivity contribution in [2.75, 3.05) is 11.9 Å². The van der Waals surface area contributed by atoms with E-state index in [4.69, 9.17) is 4.74 Å². The van der Waals surface area contributed by atoms with E-state index in [2.05, 4.69) is 52.9 Å². The Balaban J connectivity index is 0.00000169. The predicted octanol–water partition coefficient (Wildman–Crippen LogP) is 1.11. The molecule has 0 aliphatic carbocycles. The highest BCUT2D eigenvalue weighted by Gasteiger charge is 2.21. The van der Waals surface area contributed by atoms with E-state index >= 15 is 0 Å². The molecule has 0 spiro atoms. The molecule has 0 saturated heterocycles. The molecule has 3 aromatic rings. The number of fused-ring (bicyclic) bond motifs is 2. The number of nitrogens with zero attached hydrogens (tertiary/aromatic N) is 2. The summed E-state index contributed by atoms with van der Waals surface area (Å²) in [7, 11) is 4.12. The Bertz CT molecular complexity index is 945. The van der Waals surface area contributed by atoms with Gasteiger partial charge in [0.1, 0.15) is 11.7 Å². The minimum atomic E-state index is 0. The number of allylic oxidation sites excluding steroid dienone is 2. The SMILES string of the molecule is CN1/C(=C/C=C/c2sc3ccccc3[n+]2C)Oc2ccccc21.[Cl-]. The molecule has 4 rings (SSSR count). The Hall–Kier alpha value is -2.30. The molecule has 3 nitrogen and oxygen atoms in total. The molecule has 0 unspecified atom stereocenters. The molecule has 0 N–H and O–H groups in total. The highest BCUT2D eigenvalue weighted by Crippen LogP contribution is 2.37. The van der Waals surface area contributed by atoms with Crippen LogP contribution in [0.2, 0.25) is 0 Å². The third-order valence-electron chi connectivity index (χ3n) is 4.02. The quantitative estimate of drug-likeness (QED) is 0.640. The van der Waals surface area contributed by atoms with Gasteiger partial charge in [0.15, 0.2) is 11.6 Å². The number of ether oxygens (including phenoxy) is 1. The van der Waals surface area contributed by atoms with Gasteiger partial charge in [0.2, 0.25) is 5.52 Å². The van der Waals surface area contributed by atoms with E-state index in [1.807, 2.05) is 37.4 Å². The van der Waals surface area contributed by atoms with Gasteiger partial charge in [0.05, 0.1) is 5.69 Å². The number of anilines is 1. The lowest BCUT2D eigenvalue weighted by Crippen LogP contribution is -3.00. The van der Waals surface area contributed by atoms with E-state index in [-0.39, 0.29) is 12.4 Å². The summed E-state index contributed by atoms with van der Waals surface area (Å²) in [6.07, 6.45) is 6.17. The molecule has 122 valence electrons. The van der Waals surface area contributed by atoms with Crippen molar-refractivity contribution in [3.63, 3.8) is 0 Å². The number of rotatable bonds is 2. The van der Waals surface area contributed by atoms with Gasteiger partial charge < -0.3 is 22.0 Å². The van der Waals surface area contributed by atoms with Crippen molar-refractivity contribution >= 4 is 33.3 Å². The topological polar surface area (TPSA) is 16.4 Å². The molecule has 5 heteroatoms. The summed E-state index contributed by atoms with van der Waals surface area (Å²) < 4.78 is 9.39. The molecule has 0 saturated carbocycles. The van der Waals surface area contributed by atoms with Gasteiger partial charge in [-0.05, 0) is 30.4 Å². The van der Waals surface area contributed by atoms with E-state index in [1.54, 1.807) is 11.3 Å². The van der Waals surface area contributed by atoms with Crippen molar-refractivity contribution in [1.82, 2.24) is 0 Å². The third kappa shape index (κ3) is 2.79. The molecule has 1 aromatic heterocycles. The summed E-state index contributed by atoms with van der Waals surface area (Å²) in [5.74, 6) is 1.74. The molecule has 2 heterocycles. The second-order valence-electron chi connectivity index (χ2n) is 5.46. The first-order valence-corrected chi connectivity index (χ1v) is 8.32. The highest BCUT2D eigenvalue weighted by atomic mass is 35.5.